The number of hydrogen-bond acceptors (Lipinski definition) is 6. The Morgan fingerprint density at radius 1 is 1.29 bits per heavy atom. The molecule has 0 fully saturated rings. The topological polar surface area (TPSA) is 77.2 Å². The van der Waals surface area contributed by atoms with Crippen LogP contribution in [0.2, 0.25) is 0 Å². The third-order valence-electron chi connectivity index (χ3n) is 3.61. The highest BCUT2D eigenvalue weighted by atomic mass is 35.5. The number of alkyl halides is 3. The van der Waals surface area contributed by atoms with Crippen LogP contribution in [0.15, 0.2) is 59.3 Å². The zero-order chi connectivity index (χ0) is 20.3. The molecule has 28 heavy (non-hydrogen) atoms. The van der Waals surface area contributed by atoms with Gasteiger partial charge in [0, 0.05) is 5.56 Å². The van der Waals surface area contributed by atoms with Gasteiger partial charge in [-0.3, -0.25) is 4.79 Å². The largest absolute Gasteiger partial charge is 0.435 e. The summed E-state index contributed by atoms with van der Waals surface area (Å²) >= 11 is 13.5. The van der Waals surface area contributed by atoms with Crippen molar-refractivity contribution in [2.45, 2.75) is 12.0 Å². The Kier molecular flexibility index (Phi) is 6.33. The number of ketones is 1. The molecule has 1 unspecified atom stereocenters. The summed E-state index contributed by atoms with van der Waals surface area (Å²) in [7, 11) is 0. The highest BCUT2D eigenvalue weighted by Crippen LogP contribution is 2.31. The van der Waals surface area contributed by atoms with Gasteiger partial charge in [-0.2, -0.15) is 8.78 Å². The van der Waals surface area contributed by atoms with E-state index in [9.17, 15) is 13.6 Å². The molecule has 1 aliphatic carbocycles. The Labute approximate surface area is 173 Å². The van der Waals surface area contributed by atoms with E-state index in [0.29, 0.717) is 15.9 Å². The summed E-state index contributed by atoms with van der Waals surface area (Å²) in [5.41, 5.74) is 6.65. The molecule has 1 atom stereocenters. The number of hydrogen-bond donors (Lipinski definition) is 2. The van der Waals surface area contributed by atoms with Gasteiger partial charge < -0.3 is 15.8 Å². The molecule has 3 N–H and O–H groups in total. The molecule has 1 aliphatic rings. The number of aromatic nitrogens is 1. The van der Waals surface area contributed by atoms with Crippen LogP contribution in [-0.2, 0) is 0 Å². The molecule has 0 saturated carbocycles. The number of nitrogens with two attached hydrogens (primary N) is 1. The molecule has 0 spiro atoms. The summed E-state index contributed by atoms with van der Waals surface area (Å²) in [4.78, 5) is 17.0. The molecule has 146 valence electrons. The number of anilines is 2. The number of ether oxygens (including phenoxy) is 1. The number of nitrogens with one attached hydrogen (secondary N) is 1. The molecule has 1 aromatic carbocycles. The zero-order valence-electron chi connectivity index (χ0n) is 14.0. The number of carbonyl (C=O) groups is 1. The van der Waals surface area contributed by atoms with E-state index in [4.69, 9.17) is 28.9 Å². The maximum atomic E-state index is 12.7. The highest BCUT2D eigenvalue weighted by molar-refractivity contribution is 7.18. The lowest BCUT2D eigenvalue weighted by molar-refractivity contribution is -0.0498. The molecule has 0 bridgehead atoms. The van der Waals surface area contributed by atoms with E-state index >= 15 is 0 Å². The molecular weight excluding hydrogens is 431 g/mol. The second kappa shape index (κ2) is 8.72. The number of nitrogen functional groups attached to an aromatic ring is 1. The summed E-state index contributed by atoms with van der Waals surface area (Å²) in [6.07, 6.45) is 6.93. The summed E-state index contributed by atoms with van der Waals surface area (Å²) in [5, 5.41) is 3.25. The van der Waals surface area contributed by atoms with Crippen molar-refractivity contribution < 1.29 is 18.3 Å². The van der Waals surface area contributed by atoms with Crippen LogP contribution in [0.4, 0.5) is 19.7 Å². The zero-order valence-corrected chi connectivity index (χ0v) is 16.4. The van der Waals surface area contributed by atoms with Gasteiger partial charge in [-0.15, -0.1) is 11.6 Å². The van der Waals surface area contributed by atoms with Crippen LogP contribution in [0.3, 0.4) is 0 Å². The van der Waals surface area contributed by atoms with Crippen LogP contribution < -0.4 is 15.8 Å². The highest BCUT2D eigenvalue weighted by Gasteiger charge is 2.21. The Hall–Kier alpha value is -2.42. The van der Waals surface area contributed by atoms with E-state index < -0.39 is 17.8 Å². The van der Waals surface area contributed by atoms with Gasteiger partial charge in [0.15, 0.2) is 5.13 Å². The van der Waals surface area contributed by atoms with E-state index in [1.807, 2.05) is 0 Å². The van der Waals surface area contributed by atoms with E-state index in [1.165, 1.54) is 24.3 Å². The van der Waals surface area contributed by atoms with Crippen molar-refractivity contribution in [1.82, 2.24) is 4.98 Å². The SMILES string of the molecule is Nc1nc(NC2=C(Cl)C=CC=CC2Cl)sc1C(=O)c1ccc(OC(F)F)cc1. The Balaban J connectivity index is 1.81. The van der Waals surface area contributed by atoms with Gasteiger partial charge in [-0.05, 0) is 30.3 Å². The fraction of sp³-hybridized carbons (Fsp3) is 0.111. The molecule has 1 aromatic heterocycles. The predicted molar refractivity (Wildman–Crippen MR) is 107 cm³/mol. The lowest BCUT2D eigenvalue weighted by Gasteiger charge is -2.11. The summed E-state index contributed by atoms with van der Waals surface area (Å²) in [6.45, 7) is -2.94. The average Bonchev–Trinajstić information content (AvgIpc) is 2.94. The summed E-state index contributed by atoms with van der Waals surface area (Å²) in [6, 6.07) is 5.31. The third kappa shape index (κ3) is 4.70. The van der Waals surface area contributed by atoms with Crippen molar-refractivity contribution in [2.75, 3.05) is 11.1 Å². The maximum Gasteiger partial charge on any atom is 0.387 e. The molecule has 0 radical (unpaired) electrons. The first kappa shape index (κ1) is 20.3. The molecular formula is C18H13Cl2F2N3O2S. The molecule has 3 rings (SSSR count). The maximum absolute atomic E-state index is 12.7. The number of rotatable bonds is 6. The first-order valence-electron chi connectivity index (χ1n) is 7.86. The first-order valence-corrected chi connectivity index (χ1v) is 9.49. The number of carbonyl (C=O) groups excluding carboxylic acids is 1. The van der Waals surface area contributed by atoms with Crippen molar-refractivity contribution in [3.63, 3.8) is 0 Å². The summed E-state index contributed by atoms with van der Waals surface area (Å²) < 4.78 is 28.7. The Morgan fingerprint density at radius 2 is 2.00 bits per heavy atom. The minimum absolute atomic E-state index is 0.0351. The molecule has 0 aliphatic heterocycles. The van der Waals surface area contributed by atoms with Gasteiger partial charge in [-0.25, -0.2) is 4.98 Å². The van der Waals surface area contributed by atoms with Gasteiger partial charge in [-0.1, -0.05) is 41.2 Å². The minimum Gasteiger partial charge on any atom is -0.435 e. The van der Waals surface area contributed by atoms with Crippen LogP contribution in [0.1, 0.15) is 15.2 Å². The predicted octanol–water partition coefficient (Wildman–Crippen LogP) is 5.15. The Bertz CT molecular complexity index is 972. The van der Waals surface area contributed by atoms with Gasteiger partial charge >= 0.3 is 6.61 Å². The fourth-order valence-electron chi connectivity index (χ4n) is 2.33. The normalized spacial score (nSPS) is 16.4. The fourth-order valence-corrected chi connectivity index (χ4v) is 3.74. The molecule has 2 aromatic rings. The average molecular weight is 444 g/mol. The van der Waals surface area contributed by atoms with Gasteiger partial charge in [0.1, 0.15) is 16.4 Å². The molecule has 1 heterocycles. The number of halogens is 4. The van der Waals surface area contributed by atoms with Crippen LogP contribution in [0.5, 0.6) is 5.75 Å². The van der Waals surface area contributed by atoms with Gasteiger partial charge in [0.2, 0.25) is 5.78 Å². The van der Waals surface area contributed by atoms with Crippen molar-refractivity contribution in [1.29, 1.82) is 0 Å². The second-order valence-corrected chi connectivity index (χ2v) is 7.37. The van der Waals surface area contributed by atoms with E-state index in [2.05, 4.69) is 15.0 Å². The Morgan fingerprint density at radius 3 is 2.68 bits per heavy atom. The molecule has 10 heteroatoms. The quantitative estimate of drug-likeness (QED) is 0.476. The van der Waals surface area contributed by atoms with Crippen LogP contribution in [0, 0.1) is 0 Å². The second-order valence-electron chi connectivity index (χ2n) is 5.50. The lowest BCUT2D eigenvalue weighted by Crippen LogP contribution is -2.10. The third-order valence-corrected chi connectivity index (χ3v) is 5.29. The number of nitrogens with zero attached hydrogens (tertiary/aromatic N) is 1. The van der Waals surface area contributed by atoms with E-state index in [1.54, 1.807) is 24.3 Å². The number of benzene rings is 1. The summed E-state index contributed by atoms with van der Waals surface area (Å²) in [5.74, 6) is -0.404. The monoisotopic (exact) mass is 443 g/mol. The molecule has 5 nitrogen and oxygen atoms in total. The van der Waals surface area contributed by atoms with Gasteiger partial charge in [0.05, 0.1) is 16.1 Å². The van der Waals surface area contributed by atoms with Crippen molar-refractivity contribution in [3.8, 4) is 5.75 Å². The minimum atomic E-state index is -2.94. The van der Waals surface area contributed by atoms with Crippen LogP contribution in [-0.4, -0.2) is 22.8 Å². The number of thiazole rings is 1. The van der Waals surface area contributed by atoms with E-state index in [-0.39, 0.29) is 22.0 Å². The lowest BCUT2D eigenvalue weighted by atomic mass is 10.1. The standard InChI is InChI=1S/C18H13Cl2F2N3O2S/c19-11-3-1-2-4-12(20)13(11)24-18-25-16(23)15(28-18)14(26)9-5-7-10(8-6-9)27-17(21)22/h1-8,11,17H,23H2,(H,24,25). The first-order chi connectivity index (χ1) is 13.3. The van der Waals surface area contributed by atoms with Crippen molar-refractivity contribution in [3.05, 3.63) is 69.7 Å². The smallest absolute Gasteiger partial charge is 0.387 e. The molecule has 0 amide bonds. The van der Waals surface area contributed by atoms with Gasteiger partial charge in [0.25, 0.3) is 0 Å². The van der Waals surface area contributed by atoms with E-state index in [0.717, 1.165) is 11.3 Å². The van der Waals surface area contributed by atoms with Crippen molar-refractivity contribution >= 4 is 51.3 Å². The molecule has 0 saturated heterocycles. The van der Waals surface area contributed by atoms with Crippen LogP contribution >= 0.6 is 34.5 Å². The number of allylic oxidation sites excluding steroid dienone is 5. The van der Waals surface area contributed by atoms with Crippen LogP contribution in [0.25, 0.3) is 0 Å². The van der Waals surface area contributed by atoms with Crippen molar-refractivity contribution in [2.24, 2.45) is 0 Å².